The molecule has 1 heterocycles. The summed E-state index contributed by atoms with van der Waals surface area (Å²) in [5.74, 6) is 0.902. The number of para-hydroxylation sites is 1. The first-order valence-electron chi connectivity index (χ1n) is 10.4. The van der Waals surface area contributed by atoms with E-state index in [0.717, 1.165) is 44.4 Å². The van der Waals surface area contributed by atoms with Gasteiger partial charge < -0.3 is 20.4 Å². The summed E-state index contributed by atoms with van der Waals surface area (Å²) < 4.78 is 5.63. The van der Waals surface area contributed by atoms with Crippen molar-refractivity contribution in [2.75, 3.05) is 26.3 Å². The van der Waals surface area contributed by atoms with Crippen LogP contribution < -0.4 is 10.6 Å². The first-order valence-corrected chi connectivity index (χ1v) is 10.4. The number of hydrogen-bond acceptors (Lipinski definition) is 2. The highest BCUT2D eigenvalue weighted by molar-refractivity contribution is 5.81. The number of hydrogen-bond donors (Lipinski definition) is 3. The first-order chi connectivity index (χ1) is 13.2. The molecule has 2 aromatic rings. The number of nitrogens with zero attached hydrogens (tertiary/aromatic N) is 1. The van der Waals surface area contributed by atoms with Gasteiger partial charge in [-0.05, 0) is 56.0 Å². The molecule has 0 aliphatic heterocycles. The van der Waals surface area contributed by atoms with E-state index < -0.39 is 0 Å². The Bertz CT molecular complexity index is 698. The Labute approximate surface area is 163 Å². The van der Waals surface area contributed by atoms with Gasteiger partial charge in [-0.1, -0.05) is 31.0 Å². The lowest BCUT2D eigenvalue weighted by Gasteiger charge is -2.30. The summed E-state index contributed by atoms with van der Waals surface area (Å²) in [6.45, 7) is 8.33. The maximum absolute atomic E-state index is 5.63. The fraction of sp³-hybridized carbons (Fsp3) is 0.591. The second-order valence-electron chi connectivity index (χ2n) is 7.58. The lowest BCUT2D eigenvalue weighted by molar-refractivity contribution is 0.105. The molecule has 0 spiro atoms. The lowest BCUT2D eigenvalue weighted by atomic mass is 9.83. The number of nitrogens with one attached hydrogen (secondary N) is 3. The van der Waals surface area contributed by atoms with Gasteiger partial charge in [-0.25, -0.2) is 4.99 Å². The van der Waals surface area contributed by atoms with Gasteiger partial charge in [0.2, 0.25) is 0 Å². The Hall–Kier alpha value is -2.01. The second-order valence-corrected chi connectivity index (χ2v) is 7.58. The minimum absolute atomic E-state index is 0.354. The molecule has 1 aromatic heterocycles. The molecule has 5 nitrogen and oxygen atoms in total. The molecule has 3 rings (SSSR count). The van der Waals surface area contributed by atoms with Crippen molar-refractivity contribution in [1.82, 2.24) is 15.6 Å². The maximum atomic E-state index is 5.63. The Kier molecular flexibility index (Phi) is 7.16. The molecule has 1 fully saturated rings. The second kappa shape index (κ2) is 9.79. The first kappa shape index (κ1) is 19.7. The van der Waals surface area contributed by atoms with Gasteiger partial charge in [0.25, 0.3) is 0 Å². The van der Waals surface area contributed by atoms with Crippen molar-refractivity contribution < 1.29 is 4.74 Å². The van der Waals surface area contributed by atoms with Gasteiger partial charge in [0.15, 0.2) is 5.96 Å². The molecule has 148 valence electrons. The van der Waals surface area contributed by atoms with Crippen molar-refractivity contribution in [2.24, 2.45) is 10.4 Å². The van der Waals surface area contributed by atoms with Gasteiger partial charge in [0, 0.05) is 37.5 Å². The fourth-order valence-corrected chi connectivity index (χ4v) is 4.07. The molecular formula is C22H34N4O. The zero-order valence-corrected chi connectivity index (χ0v) is 16.8. The van der Waals surface area contributed by atoms with Crippen LogP contribution in [0, 0.1) is 5.41 Å². The van der Waals surface area contributed by atoms with Crippen LogP contribution in [0.2, 0.25) is 0 Å². The van der Waals surface area contributed by atoms with Crippen molar-refractivity contribution in [1.29, 1.82) is 0 Å². The third-order valence-electron chi connectivity index (χ3n) is 5.61. The van der Waals surface area contributed by atoms with Crippen LogP contribution in [-0.2, 0) is 11.3 Å². The summed E-state index contributed by atoms with van der Waals surface area (Å²) in [6.07, 6.45) is 6.37. The summed E-state index contributed by atoms with van der Waals surface area (Å²) in [5.41, 5.74) is 2.66. The van der Waals surface area contributed by atoms with Gasteiger partial charge in [-0.3, -0.25) is 0 Å². The van der Waals surface area contributed by atoms with Gasteiger partial charge in [-0.2, -0.15) is 0 Å². The predicted octanol–water partition coefficient (Wildman–Crippen LogP) is 4.21. The highest BCUT2D eigenvalue weighted by Gasteiger charge is 2.33. The Morgan fingerprint density at radius 3 is 2.74 bits per heavy atom. The van der Waals surface area contributed by atoms with E-state index in [1.807, 2.05) is 0 Å². The van der Waals surface area contributed by atoms with E-state index in [4.69, 9.17) is 9.73 Å². The zero-order chi connectivity index (χ0) is 19.0. The Balaban J connectivity index is 1.60. The SMILES string of the molecule is CCNC(=NCc1cc2ccccc2[nH]1)NCC1(CCOCC)CCCC1. The minimum Gasteiger partial charge on any atom is -0.382 e. The molecule has 1 aromatic carbocycles. The number of rotatable bonds is 9. The highest BCUT2D eigenvalue weighted by atomic mass is 16.5. The summed E-state index contributed by atoms with van der Waals surface area (Å²) in [5, 5.41) is 8.23. The number of aromatic amines is 1. The van der Waals surface area contributed by atoms with Crippen molar-refractivity contribution in [2.45, 2.75) is 52.5 Å². The molecule has 3 N–H and O–H groups in total. The van der Waals surface area contributed by atoms with Crippen LogP contribution in [0.5, 0.6) is 0 Å². The maximum Gasteiger partial charge on any atom is 0.191 e. The van der Waals surface area contributed by atoms with Crippen LogP contribution in [0.1, 0.15) is 51.6 Å². The van der Waals surface area contributed by atoms with Crippen LogP contribution in [0.15, 0.2) is 35.3 Å². The molecule has 1 saturated carbocycles. The smallest absolute Gasteiger partial charge is 0.191 e. The van der Waals surface area contributed by atoms with Crippen molar-refractivity contribution in [3.05, 3.63) is 36.0 Å². The lowest BCUT2D eigenvalue weighted by Crippen LogP contribution is -2.43. The van der Waals surface area contributed by atoms with Gasteiger partial charge >= 0.3 is 0 Å². The van der Waals surface area contributed by atoms with E-state index in [2.05, 4.69) is 59.8 Å². The van der Waals surface area contributed by atoms with Gasteiger partial charge in [0.1, 0.15) is 0 Å². The van der Waals surface area contributed by atoms with E-state index in [-0.39, 0.29) is 0 Å². The number of fused-ring (bicyclic) bond motifs is 1. The number of ether oxygens (including phenoxy) is 1. The summed E-state index contributed by atoms with van der Waals surface area (Å²) >= 11 is 0. The third-order valence-corrected chi connectivity index (χ3v) is 5.61. The van der Waals surface area contributed by atoms with Gasteiger partial charge in [-0.15, -0.1) is 0 Å². The van der Waals surface area contributed by atoms with Gasteiger partial charge in [0.05, 0.1) is 6.54 Å². The molecule has 27 heavy (non-hydrogen) atoms. The van der Waals surface area contributed by atoms with Crippen molar-refractivity contribution in [3.8, 4) is 0 Å². The molecule has 0 unspecified atom stereocenters. The van der Waals surface area contributed by atoms with Crippen molar-refractivity contribution >= 4 is 16.9 Å². The monoisotopic (exact) mass is 370 g/mol. The highest BCUT2D eigenvalue weighted by Crippen LogP contribution is 2.40. The average Bonchev–Trinajstić information content (AvgIpc) is 3.31. The molecule has 1 aliphatic rings. The van der Waals surface area contributed by atoms with E-state index >= 15 is 0 Å². The average molecular weight is 371 g/mol. The van der Waals surface area contributed by atoms with Crippen LogP contribution in [-0.4, -0.2) is 37.2 Å². The Morgan fingerprint density at radius 1 is 1.19 bits per heavy atom. The van der Waals surface area contributed by atoms with Crippen LogP contribution in [0.3, 0.4) is 0 Å². The number of aliphatic imine (C=N–C) groups is 1. The molecule has 0 saturated heterocycles. The minimum atomic E-state index is 0.354. The molecular weight excluding hydrogens is 336 g/mol. The summed E-state index contributed by atoms with van der Waals surface area (Å²) in [4.78, 5) is 8.25. The summed E-state index contributed by atoms with van der Waals surface area (Å²) in [7, 11) is 0. The third kappa shape index (κ3) is 5.48. The van der Waals surface area contributed by atoms with E-state index in [9.17, 15) is 0 Å². The van der Waals surface area contributed by atoms with E-state index in [1.165, 1.54) is 36.6 Å². The molecule has 0 radical (unpaired) electrons. The van der Waals surface area contributed by atoms with Crippen LogP contribution in [0.25, 0.3) is 10.9 Å². The molecule has 0 bridgehead atoms. The molecule has 5 heteroatoms. The number of benzene rings is 1. The fourth-order valence-electron chi connectivity index (χ4n) is 4.07. The van der Waals surface area contributed by atoms with E-state index in [1.54, 1.807) is 0 Å². The number of aromatic nitrogens is 1. The predicted molar refractivity (Wildman–Crippen MR) is 113 cm³/mol. The molecule has 0 amide bonds. The molecule has 0 atom stereocenters. The van der Waals surface area contributed by atoms with Crippen LogP contribution >= 0.6 is 0 Å². The quantitative estimate of drug-likeness (QED) is 0.352. The summed E-state index contributed by atoms with van der Waals surface area (Å²) in [6, 6.07) is 10.5. The zero-order valence-electron chi connectivity index (χ0n) is 16.8. The van der Waals surface area contributed by atoms with Crippen LogP contribution in [0.4, 0.5) is 0 Å². The largest absolute Gasteiger partial charge is 0.382 e. The Morgan fingerprint density at radius 2 is 2.00 bits per heavy atom. The number of H-pyrrole nitrogens is 1. The topological polar surface area (TPSA) is 61.4 Å². The number of guanidine groups is 1. The normalized spacial score (nSPS) is 16.7. The van der Waals surface area contributed by atoms with E-state index in [0.29, 0.717) is 12.0 Å². The molecule has 1 aliphatic carbocycles. The standard InChI is InChI=1S/C22H34N4O/c1-3-23-21(24-16-19-15-18-9-5-6-10-20(18)26-19)25-17-22(11-7-8-12-22)13-14-27-4-2/h5-6,9-10,15,26H,3-4,7-8,11-14,16-17H2,1-2H3,(H2,23,24,25). The van der Waals surface area contributed by atoms with Crippen molar-refractivity contribution in [3.63, 3.8) is 0 Å².